The molecule has 3 aromatic rings. The Morgan fingerprint density at radius 3 is 2.80 bits per heavy atom. The Morgan fingerprint density at radius 1 is 1.33 bits per heavy atom. The summed E-state index contributed by atoms with van der Waals surface area (Å²) in [6.07, 6.45) is 2.05. The van der Waals surface area contributed by atoms with Gasteiger partial charge in [-0.1, -0.05) is 26.0 Å². The number of aromatic nitrogens is 4. The van der Waals surface area contributed by atoms with E-state index in [1.807, 2.05) is 13.8 Å². The number of hydrogen-bond acceptors (Lipinski definition) is 5. The van der Waals surface area contributed by atoms with E-state index in [4.69, 9.17) is 4.74 Å². The lowest BCUT2D eigenvalue weighted by molar-refractivity contribution is -0.118. The maximum atomic E-state index is 13.7. The average Bonchev–Trinajstić information content (AvgIpc) is 3.47. The van der Waals surface area contributed by atoms with Gasteiger partial charge < -0.3 is 10.1 Å². The molecular weight excluding hydrogens is 389 g/mol. The zero-order chi connectivity index (χ0) is 21.3. The Bertz CT molecular complexity index is 1130. The van der Waals surface area contributed by atoms with E-state index in [2.05, 4.69) is 20.4 Å². The lowest BCUT2D eigenvalue weighted by atomic mass is 10.1. The summed E-state index contributed by atoms with van der Waals surface area (Å²) in [6.45, 7) is 3.50. The number of carbonyl (C=O) groups is 1. The number of rotatable bonds is 7. The Morgan fingerprint density at radius 2 is 2.10 bits per heavy atom. The molecule has 0 spiro atoms. The van der Waals surface area contributed by atoms with Gasteiger partial charge in [0.15, 0.2) is 18.2 Å². The number of halogens is 1. The molecule has 2 N–H and O–H groups in total. The molecule has 1 amide bonds. The largest absolute Gasteiger partial charge is 0.481 e. The number of nitrogens with one attached hydrogen (secondary N) is 2. The van der Waals surface area contributed by atoms with Crippen LogP contribution in [0.25, 0.3) is 5.95 Å². The molecule has 30 heavy (non-hydrogen) atoms. The van der Waals surface area contributed by atoms with Crippen LogP contribution in [0, 0.1) is 5.82 Å². The third kappa shape index (κ3) is 4.40. The molecule has 0 radical (unpaired) electrons. The summed E-state index contributed by atoms with van der Waals surface area (Å²) in [6, 6.07) is 9.08. The molecule has 2 heterocycles. The van der Waals surface area contributed by atoms with Gasteiger partial charge in [0, 0.05) is 18.1 Å². The van der Waals surface area contributed by atoms with Gasteiger partial charge in [-0.25, -0.2) is 9.37 Å². The van der Waals surface area contributed by atoms with E-state index in [1.165, 1.54) is 22.9 Å². The van der Waals surface area contributed by atoms with Crippen molar-refractivity contribution in [2.24, 2.45) is 0 Å². The fourth-order valence-corrected chi connectivity index (χ4v) is 2.97. The van der Waals surface area contributed by atoms with Crippen molar-refractivity contribution in [1.82, 2.24) is 19.7 Å². The first-order valence-corrected chi connectivity index (χ1v) is 9.79. The Hall–Kier alpha value is -3.49. The standard InChI is InChI=1S/C21H22FN5O3/c1-12(2)15-10-19(28)25-21(23-15)27-18(9-16(26-27)13-7-8-13)24-20(29)11-30-17-6-4-3-5-14(17)22/h3-6,9-10,12-13H,7-8,11H2,1-2H3,(H,24,29)(H,23,25,28). The number of aromatic amines is 1. The molecule has 1 fully saturated rings. The van der Waals surface area contributed by atoms with Crippen LogP contribution in [0.15, 0.2) is 41.2 Å². The number of H-pyrrole nitrogens is 1. The molecule has 9 heteroatoms. The van der Waals surface area contributed by atoms with E-state index in [0.717, 1.165) is 18.5 Å². The van der Waals surface area contributed by atoms with Crippen molar-refractivity contribution < 1.29 is 13.9 Å². The molecule has 0 saturated heterocycles. The average molecular weight is 411 g/mol. The molecule has 1 aromatic carbocycles. The molecular formula is C21H22FN5O3. The summed E-state index contributed by atoms with van der Waals surface area (Å²) in [5.41, 5.74) is 1.14. The highest BCUT2D eigenvalue weighted by molar-refractivity contribution is 5.91. The van der Waals surface area contributed by atoms with E-state index in [0.29, 0.717) is 17.4 Å². The van der Waals surface area contributed by atoms with Crippen LogP contribution in [-0.2, 0) is 4.79 Å². The number of amides is 1. The molecule has 0 atom stereocenters. The van der Waals surface area contributed by atoms with Gasteiger partial charge in [0.05, 0.1) is 11.4 Å². The summed E-state index contributed by atoms with van der Waals surface area (Å²) in [5, 5.41) is 7.26. The van der Waals surface area contributed by atoms with Crippen molar-refractivity contribution >= 4 is 11.7 Å². The van der Waals surface area contributed by atoms with Crippen LogP contribution in [0.5, 0.6) is 5.75 Å². The maximum Gasteiger partial charge on any atom is 0.263 e. The fraction of sp³-hybridized carbons (Fsp3) is 0.333. The molecule has 156 valence electrons. The molecule has 1 aliphatic carbocycles. The lowest BCUT2D eigenvalue weighted by Gasteiger charge is -2.11. The van der Waals surface area contributed by atoms with Crippen molar-refractivity contribution in [3.63, 3.8) is 0 Å². The minimum atomic E-state index is -0.543. The first kappa shape index (κ1) is 19.8. The Kier molecular flexibility index (Phi) is 5.35. The molecule has 2 aromatic heterocycles. The summed E-state index contributed by atoms with van der Waals surface area (Å²) in [4.78, 5) is 31.7. The van der Waals surface area contributed by atoms with Gasteiger partial charge in [-0.05, 0) is 30.9 Å². The number of para-hydroxylation sites is 1. The van der Waals surface area contributed by atoms with Crippen molar-refractivity contribution in [1.29, 1.82) is 0 Å². The van der Waals surface area contributed by atoms with Crippen molar-refractivity contribution in [2.45, 2.75) is 38.5 Å². The summed E-state index contributed by atoms with van der Waals surface area (Å²) in [7, 11) is 0. The second kappa shape index (κ2) is 8.10. The SMILES string of the molecule is CC(C)c1cc(=O)[nH]c(-n2nc(C3CC3)cc2NC(=O)COc2ccccc2F)n1. The minimum absolute atomic E-state index is 0.00421. The first-order chi connectivity index (χ1) is 14.4. The van der Waals surface area contributed by atoms with Gasteiger partial charge in [-0.3, -0.25) is 14.6 Å². The molecule has 4 rings (SSSR count). The van der Waals surface area contributed by atoms with Gasteiger partial charge in [0.25, 0.3) is 11.5 Å². The Balaban J connectivity index is 1.58. The zero-order valence-electron chi connectivity index (χ0n) is 16.7. The van der Waals surface area contributed by atoms with Crippen LogP contribution in [-0.4, -0.2) is 32.3 Å². The summed E-state index contributed by atoms with van der Waals surface area (Å²) >= 11 is 0. The fourth-order valence-electron chi connectivity index (χ4n) is 2.97. The number of carbonyl (C=O) groups excluding carboxylic acids is 1. The third-order valence-electron chi connectivity index (χ3n) is 4.73. The monoisotopic (exact) mass is 411 g/mol. The predicted octanol–water partition coefficient (Wildman–Crippen LogP) is 3.11. The van der Waals surface area contributed by atoms with Crippen LogP contribution in [0.4, 0.5) is 10.2 Å². The lowest BCUT2D eigenvalue weighted by Crippen LogP contribution is -2.23. The van der Waals surface area contributed by atoms with Crippen LogP contribution in [0.3, 0.4) is 0 Å². The number of nitrogens with zero attached hydrogens (tertiary/aromatic N) is 3. The molecule has 0 bridgehead atoms. The van der Waals surface area contributed by atoms with Gasteiger partial charge in [-0.2, -0.15) is 9.78 Å². The molecule has 0 unspecified atom stereocenters. The molecule has 1 aliphatic rings. The predicted molar refractivity (Wildman–Crippen MR) is 109 cm³/mol. The normalized spacial score (nSPS) is 13.5. The van der Waals surface area contributed by atoms with Crippen LogP contribution < -0.4 is 15.6 Å². The molecule has 8 nitrogen and oxygen atoms in total. The Labute approximate surface area is 172 Å². The minimum Gasteiger partial charge on any atom is -0.481 e. The number of benzene rings is 1. The second-order valence-electron chi connectivity index (χ2n) is 7.56. The zero-order valence-corrected chi connectivity index (χ0v) is 16.7. The third-order valence-corrected chi connectivity index (χ3v) is 4.73. The summed E-state index contributed by atoms with van der Waals surface area (Å²) < 4.78 is 20.4. The van der Waals surface area contributed by atoms with Crippen molar-refractivity contribution in [2.75, 3.05) is 11.9 Å². The highest BCUT2D eigenvalue weighted by atomic mass is 19.1. The quantitative estimate of drug-likeness (QED) is 0.622. The number of hydrogen-bond donors (Lipinski definition) is 2. The van der Waals surface area contributed by atoms with Crippen LogP contribution >= 0.6 is 0 Å². The van der Waals surface area contributed by atoms with E-state index < -0.39 is 11.7 Å². The summed E-state index contributed by atoms with van der Waals surface area (Å²) in [5.74, 6) is -0.0574. The van der Waals surface area contributed by atoms with Crippen LogP contribution in [0.2, 0.25) is 0 Å². The van der Waals surface area contributed by atoms with Gasteiger partial charge >= 0.3 is 0 Å². The van der Waals surface area contributed by atoms with Gasteiger partial charge in [0.2, 0.25) is 5.95 Å². The highest BCUT2D eigenvalue weighted by Crippen LogP contribution is 2.40. The molecule has 1 saturated carbocycles. The van der Waals surface area contributed by atoms with Crippen LogP contribution in [0.1, 0.15) is 49.9 Å². The van der Waals surface area contributed by atoms with Crippen molar-refractivity contribution in [3.8, 4) is 11.7 Å². The number of ether oxygens (including phenoxy) is 1. The van der Waals surface area contributed by atoms with Gasteiger partial charge in [-0.15, -0.1) is 0 Å². The molecule has 0 aliphatic heterocycles. The smallest absolute Gasteiger partial charge is 0.263 e. The van der Waals surface area contributed by atoms with E-state index in [-0.39, 0.29) is 29.8 Å². The van der Waals surface area contributed by atoms with Gasteiger partial charge in [0.1, 0.15) is 5.82 Å². The van der Waals surface area contributed by atoms with Crippen molar-refractivity contribution in [3.05, 3.63) is 64.0 Å². The van der Waals surface area contributed by atoms with E-state index in [1.54, 1.807) is 18.2 Å². The number of anilines is 1. The van der Waals surface area contributed by atoms with E-state index in [9.17, 15) is 14.0 Å². The van der Waals surface area contributed by atoms with E-state index >= 15 is 0 Å². The second-order valence-corrected chi connectivity index (χ2v) is 7.56. The topological polar surface area (TPSA) is 102 Å². The maximum absolute atomic E-state index is 13.7. The highest BCUT2D eigenvalue weighted by Gasteiger charge is 2.28. The first-order valence-electron chi connectivity index (χ1n) is 9.79.